The summed E-state index contributed by atoms with van der Waals surface area (Å²) in [5, 5.41) is 3.18. The van der Waals surface area contributed by atoms with Crippen LogP contribution in [-0.4, -0.2) is 25.8 Å². The lowest BCUT2D eigenvalue weighted by atomic mass is 9.95. The molecule has 0 aromatic carbocycles. The Bertz CT molecular complexity index is 121. The van der Waals surface area contributed by atoms with Crippen LogP contribution in [0.3, 0.4) is 0 Å². The number of likely N-dealkylation sites (N-methyl/N-ethyl adjacent to an activating group) is 1. The molecule has 1 atom stereocenters. The Hall–Kier alpha value is -0.0800. The van der Waals surface area contributed by atoms with E-state index in [0.29, 0.717) is 18.1 Å². The number of rotatable bonds is 5. The molecule has 72 valence electrons. The molecule has 0 radical (unpaired) electrons. The van der Waals surface area contributed by atoms with Crippen molar-refractivity contribution in [3.63, 3.8) is 0 Å². The zero-order valence-electron chi connectivity index (χ0n) is 8.47. The molecule has 1 aliphatic carbocycles. The second-order valence-corrected chi connectivity index (χ2v) is 4.03. The first kappa shape index (κ1) is 10.0. The number of hydrogen-bond donors (Lipinski definition) is 1. The number of ether oxygens (including phenoxy) is 1. The molecule has 1 unspecified atom stereocenters. The minimum atomic E-state index is 0.403. The van der Waals surface area contributed by atoms with Crippen molar-refractivity contribution >= 4 is 0 Å². The summed E-state index contributed by atoms with van der Waals surface area (Å²) in [6, 6.07) is 0. The smallest absolute Gasteiger partial charge is 0.0725 e. The van der Waals surface area contributed by atoms with E-state index in [1.165, 1.54) is 19.3 Å². The maximum Gasteiger partial charge on any atom is 0.0725 e. The molecular weight excluding hydrogens is 150 g/mol. The molecule has 1 aliphatic rings. The monoisotopic (exact) mass is 171 g/mol. The highest BCUT2D eigenvalue weighted by molar-refractivity contribution is 4.74. The van der Waals surface area contributed by atoms with Gasteiger partial charge in [-0.2, -0.15) is 0 Å². The normalized spacial score (nSPS) is 21.0. The standard InChI is InChI=1S/C10H21NO/c1-8(2)10(7-11-3)12-9-5-4-6-9/h8-11H,4-7H2,1-3H3. The average molecular weight is 171 g/mol. The first-order valence-corrected chi connectivity index (χ1v) is 5.04. The van der Waals surface area contributed by atoms with Gasteiger partial charge in [-0.25, -0.2) is 0 Å². The van der Waals surface area contributed by atoms with Crippen LogP contribution in [0.15, 0.2) is 0 Å². The van der Waals surface area contributed by atoms with Gasteiger partial charge >= 0.3 is 0 Å². The van der Waals surface area contributed by atoms with Crippen molar-refractivity contribution in [1.82, 2.24) is 5.32 Å². The predicted octanol–water partition coefficient (Wildman–Crippen LogP) is 1.80. The minimum Gasteiger partial charge on any atom is -0.373 e. The van der Waals surface area contributed by atoms with Crippen molar-refractivity contribution in [3.05, 3.63) is 0 Å². The Balaban J connectivity index is 2.21. The zero-order valence-corrected chi connectivity index (χ0v) is 8.47. The van der Waals surface area contributed by atoms with Crippen LogP contribution >= 0.6 is 0 Å². The van der Waals surface area contributed by atoms with Crippen LogP contribution in [-0.2, 0) is 4.74 Å². The van der Waals surface area contributed by atoms with Gasteiger partial charge in [0.1, 0.15) is 0 Å². The van der Waals surface area contributed by atoms with Crippen LogP contribution in [0.2, 0.25) is 0 Å². The summed E-state index contributed by atoms with van der Waals surface area (Å²) >= 11 is 0. The van der Waals surface area contributed by atoms with Crippen LogP contribution in [0.1, 0.15) is 33.1 Å². The molecule has 0 aromatic rings. The van der Waals surface area contributed by atoms with Gasteiger partial charge in [-0.05, 0) is 32.2 Å². The summed E-state index contributed by atoms with van der Waals surface area (Å²) < 4.78 is 5.93. The van der Waals surface area contributed by atoms with Crippen molar-refractivity contribution in [2.75, 3.05) is 13.6 Å². The number of hydrogen-bond acceptors (Lipinski definition) is 2. The van der Waals surface area contributed by atoms with Gasteiger partial charge in [0.15, 0.2) is 0 Å². The number of nitrogens with one attached hydrogen (secondary N) is 1. The molecular formula is C10H21NO. The van der Waals surface area contributed by atoms with E-state index in [1.807, 2.05) is 7.05 Å². The summed E-state index contributed by atoms with van der Waals surface area (Å²) in [6.07, 6.45) is 4.86. The van der Waals surface area contributed by atoms with Gasteiger partial charge in [-0.3, -0.25) is 0 Å². The summed E-state index contributed by atoms with van der Waals surface area (Å²) in [6.45, 7) is 5.43. The molecule has 0 aromatic heterocycles. The van der Waals surface area contributed by atoms with E-state index in [9.17, 15) is 0 Å². The van der Waals surface area contributed by atoms with E-state index >= 15 is 0 Å². The molecule has 1 rings (SSSR count). The maximum absolute atomic E-state index is 5.93. The van der Waals surface area contributed by atoms with Crippen molar-refractivity contribution in [1.29, 1.82) is 0 Å². The second kappa shape index (κ2) is 4.83. The van der Waals surface area contributed by atoms with Gasteiger partial charge < -0.3 is 10.1 Å². The fourth-order valence-electron chi connectivity index (χ4n) is 1.40. The van der Waals surface area contributed by atoms with E-state index in [-0.39, 0.29) is 0 Å². The summed E-state index contributed by atoms with van der Waals surface area (Å²) in [5.41, 5.74) is 0. The van der Waals surface area contributed by atoms with Gasteiger partial charge in [0.05, 0.1) is 12.2 Å². The maximum atomic E-state index is 5.93. The molecule has 0 heterocycles. The van der Waals surface area contributed by atoms with Crippen molar-refractivity contribution in [2.45, 2.75) is 45.3 Å². The zero-order chi connectivity index (χ0) is 8.97. The molecule has 0 amide bonds. The highest BCUT2D eigenvalue weighted by atomic mass is 16.5. The van der Waals surface area contributed by atoms with E-state index in [4.69, 9.17) is 4.74 Å². The van der Waals surface area contributed by atoms with Crippen molar-refractivity contribution < 1.29 is 4.74 Å². The van der Waals surface area contributed by atoms with E-state index in [0.717, 1.165) is 6.54 Å². The van der Waals surface area contributed by atoms with Crippen LogP contribution in [0.5, 0.6) is 0 Å². The van der Waals surface area contributed by atoms with Gasteiger partial charge in [0.2, 0.25) is 0 Å². The van der Waals surface area contributed by atoms with Crippen molar-refractivity contribution in [3.8, 4) is 0 Å². The SMILES string of the molecule is CNCC(OC1CCC1)C(C)C. The highest BCUT2D eigenvalue weighted by Gasteiger charge is 2.23. The van der Waals surface area contributed by atoms with Gasteiger partial charge in [-0.15, -0.1) is 0 Å². The highest BCUT2D eigenvalue weighted by Crippen LogP contribution is 2.24. The van der Waals surface area contributed by atoms with Gasteiger partial charge in [0.25, 0.3) is 0 Å². The Morgan fingerprint density at radius 1 is 1.42 bits per heavy atom. The Labute approximate surface area is 75.7 Å². The molecule has 0 bridgehead atoms. The fraction of sp³-hybridized carbons (Fsp3) is 1.00. The van der Waals surface area contributed by atoms with E-state index in [2.05, 4.69) is 19.2 Å². The summed E-state index contributed by atoms with van der Waals surface area (Å²) in [7, 11) is 1.99. The van der Waals surface area contributed by atoms with E-state index < -0.39 is 0 Å². The lowest BCUT2D eigenvalue weighted by Crippen LogP contribution is -2.37. The van der Waals surface area contributed by atoms with Gasteiger partial charge in [-0.1, -0.05) is 13.8 Å². The molecule has 1 fully saturated rings. The molecule has 2 nitrogen and oxygen atoms in total. The van der Waals surface area contributed by atoms with E-state index in [1.54, 1.807) is 0 Å². The minimum absolute atomic E-state index is 0.403. The predicted molar refractivity (Wildman–Crippen MR) is 51.3 cm³/mol. The molecule has 0 spiro atoms. The third kappa shape index (κ3) is 2.76. The fourth-order valence-corrected chi connectivity index (χ4v) is 1.40. The van der Waals surface area contributed by atoms with Crippen LogP contribution in [0, 0.1) is 5.92 Å². The Morgan fingerprint density at radius 3 is 2.42 bits per heavy atom. The van der Waals surface area contributed by atoms with Crippen LogP contribution < -0.4 is 5.32 Å². The summed E-state index contributed by atoms with van der Waals surface area (Å²) in [5.74, 6) is 0.623. The lowest BCUT2D eigenvalue weighted by molar-refractivity contribution is -0.0679. The quantitative estimate of drug-likeness (QED) is 0.681. The molecule has 12 heavy (non-hydrogen) atoms. The average Bonchev–Trinajstić information content (AvgIpc) is 1.93. The topological polar surface area (TPSA) is 21.3 Å². The van der Waals surface area contributed by atoms with Crippen LogP contribution in [0.4, 0.5) is 0 Å². The molecule has 1 saturated carbocycles. The third-order valence-corrected chi connectivity index (χ3v) is 2.57. The second-order valence-electron chi connectivity index (χ2n) is 4.03. The molecule has 0 saturated heterocycles. The Morgan fingerprint density at radius 2 is 2.08 bits per heavy atom. The molecule has 0 aliphatic heterocycles. The largest absolute Gasteiger partial charge is 0.373 e. The van der Waals surface area contributed by atoms with Crippen molar-refractivity contribution in [2.24, 2.45) is 5.92 Å². The molecule has 2 heteroatoms. The van der Waals surface area contributed by atoms with Gasteiger partial charge in [0, 0.05) is 6.54 Å². The lowest BCUT2D eigenvalue weighted by Gasteiger charge is -2.32. The first-order chi connectivity index (χ1) is 5.74. The Kier molecular flexibility index (Phi) is 4.02. The third-order valence-electron chi connectivity index (χ3n) is 2.57. The summed E-state index contributed by atoms with van der Waals surface area (Å²) in [4.78, 5) is 0. The first-order valence-electron chi connectivity index (χ1n) is 5.04. The molecule has 1 N–H and O–H groups in total. The van der Waals surface area contributed by atoms with Crippen LogP contribution in [0.25, 0.3) is 0 Å².